The zero-order valence-corrected chi connectivity index (χ0v) is 13.1. The van der Waals surface area contributed by atoms with Crippen LogP contribution >= 0.6 is 0 Å². The van der Waals surface area contributed by atoms with E-state index >= 15 is 0 Å². The van der Waals surface area contributed by atoms with Gasteiger partial charge in [0, 0.05) is 18.0 Å². The van der Waals surface area contributed by atoms with Gasteiger partial charge in [0.1, 0.15) is 5.82 Å². The quantitative estimate of drug-likeness (QED) is 0.507. The average molecular weight is 349 g/mol. The highest BCUT2D eigenvalue weighted by molar-refractivity contribution is 6.08. The second kappa shape index (κ2) is 6.09. The summed E-state index contributed by atoms with van der Waals surface area (Å²) in [6.07, 6.45) is 3.52. The minimum Gasteiger partial charge on any atom is -0.476 e. The molecule has 0 spiro atoms. The van der Waals surface area contributed by atoms with Crippen molar-refractivity contribution in [1.82, 2.24) is 29.8 Å². The number of imidazole rings is 1. The Hall–Kier alpha value is -4.08. The van der Waals surface area contributed by atoms with Crippen molar-refractivity contribution in [3.05, 3.63) is 60.2 Å². The number of aromatic amines is 1. The van der Waals surface area contributed by atoms with Gasteiger partial charge in [-0.2, -0.15) is 4.98 Å². The molecule has 0 saturated heterocycles. The van der Waals surface area contributed by atoms with Gasteiger partial charge in [-0.1, -0.05) is 35.5 Å². The van der Waals surface area contributed by atoms with Crippen LogP contribution in [0, 0.1) is 0 Å². The molecule has 0 aliphatic carbocycles. The molecule has 0 aliphatic rings. The predicted octanol–water partition coefficient (Wildman–Crippen LogP) is 1.46. The SMILES string of the molecule is O=C(Nc1ccn2cc(-c3ccccc3)nc2n1)c1nn[nH]c1C(=O)O. The summed E-state index contributed by atoms with van der Waals surface area (Å²) in [5.74, 6) is -1.46. The van der Waals surface area contributed by atoms with E-state index < -0.39 is 17.6 Å². The van der Waals surface area contributed by atoms with Gasteiger partial charge < -0.3 is 10.4 Å². The average Bonchev–Trinajstić information content (AvgIpc) is 3.29. The van der Waals surface area contributed by atoms with Gasteiger partial charge >= 0.3 is 5.97 Å². The van der Waals surface area contributed by atoms with E-state index in [4.69, 9.17) is 5.11 Å². The predicted molar refractivity (Wildman–Crippen MR) is 89.7 cm³/mol. The molecule has 4 rings (SSSR count). The summed E-state index contributed by atoms with van der Waals surface area (Å²) >= 11 is 0. The minimum atomic E-state index is -1.33. The second-order valence-corrected chi connectivity index (χ2v) is 5.31. The maximum Gasteiger partial charge on any atom is 0.356 e. The van der Waals surface area contributed by atoms with E-state index in [1.807, 2.05) is 36.5 Å². The van der Waals surface area contributed by atoms with Crippen LogP contribution in [0.25, 0.3) is 17.0 Å². The number of anilines is 1. The fourth-order valence-electron chi connectivity index (χ4n) is 2.40. The maximum atomic E-state index is 12.2. The molecule has 26 heavy (non-hydrogen) atoms. The summed E-state index contributed by atoms with van der Waals surface area (Å²) in [4.78, 5) is 31.9. The van der Waals surface area contributed by atoms with Gasteiger partial charge in [-0.15, -0.1) is 5.10 Å². The van der Waals surface area contributed by atoms with E-state index in [1.54, 1.807) is 16.7 Å². The van der Waals surface area contributed by atoms with Gasteiger partial charge in [0.15, 0.2) is 11.4 Å². The number of fused-ring (bicyclic) bond motifs is 1. The molecule has 0 radical (unpaired) electrons. The van der Waals surface area contributed by atoms with E-state index in [0.717, 1.165) is 11.3 Å². The van der Waals surface area contributed by atoms with E-state index in [-0.39, 0.29) is 11.5 Å². The zero-order chi connectivity index (χ0) is 18.1. The van der Waals surface area contributed by atoms with Crippen molar-refractivity contribution in [2.45, 2.75) is 0 Å². The van der Waals surface area contributed by atoms with Crippen molar-refractivity contribution in [3.63, 3.8) is 0 Å². The molecule has 0 saturated carbocycles. The largest absolute Gasteiger partial charge is 0.476 e. The van der Waals surface area contributed by atoms with Crippen LogP contribution in [0.4, 0.5) is 5.82 Å². The van der Waals surface area contributed by atoms with Crippen molar-refractivity contribution >= 4 is 23.5 Å². The van der Waals surface area contributed by atoms with Gasteiger partial charge in [-0.25, -0.2) is 9.78 Å². The number of carboxylic acid groups (broad SMARTS) is 1. The summed E-state index contributed by atoms with van der Waals surface area (Å²) in [7, 11) is 0. The summed E-state index contributed by atoms with van der Waals surface area (Å²) in [6, 6.07) is 11.2. The van der Waals surface area contributed by atoms with Crippen molar-refractivity contribution in [1.29, 1.82) is 0 Å². The Bertz CT molecular complexity index is 1120. The lowest BCUT2D eigenvalue weighted by molar-refractivity contribution is 0.0686. The van der Waals surface area contributed by atoms with Crippen LogP contribution in [0.5, 0.6) is 0 Å². The Kier molecular flexibility index (Phi) is 3.62. The Morgan fingerprint density at radius 2 is 1.92 bits per heavy atom. The van der Waals surface area contributed by atoms with Gasteiger partial charge in [0.25, 0.3) is 5.91 Å². The number of rotatable bonds is 4. The van der Waals surface area contributed by atoms with Gasteiger partial charge in [-0.05, 0) is 6.07 Å². The second-order valence-electron chi connectivity index (χ2n) is 5.31. The maximum absolute atomic E-state index is 12.2. The molecule has 1 aromatic carbocycles. The van der Waals surface area contributed by atoms with Crippen LogP contribution in [0.2, 0.25) is 0 Å². The van der Waals surface area contributed by atoms with E-state index in [9.17, 15) is 9.59 Å². The first-order valence-electron chi connectivity index (χ1n) is 7.48. The van der Waals surface area contributed by atoms with Crippen LogP contribution in [0.1, 0.15) is 21.0 Å². The highest BCUT2D eigenvalue weighted by atomic mass is 16.4. The molecule has 3 aromatic heterocycles. The lowest BCUT2D eigenvalue weighted by atomic mass is 10.2. The Morgan fingerprint density at radius 1 is 1.12 bits per heavy atom. The number of nitrogens with one attached hydrogen (secondary N) is 2. The Balaban J connectivity index is 1.62. The summed E-state index contributed by atoms with van der Waals surface area (Å²) in [5.41, 5.74) is 0.965. The van der Waals surface area contributed by atoms with Crippen LogP contribution in [-0.4, -0.2) is 46.8 Å². The fraction of sp³-hybridized carbons (Fsp3) is 0. The molecule has 0 fully saturated rings. The number of hydrogen-bond acceptors (Lipinski definition) is 6. The van der Waals surface area contributed by atoms with Crippen LogP contribution in [0.3, 0.4) is 0 Å². The van der Waals surface area contributed by atoms with E-state index in [1.165, 1.54) is 0 Å². The monoisotopic (exact) mass is 349 g/mol. The Labute approximate surface area is 145 Å². The molecule has 128 valence electrons. The third kappa shape index (κ3) is 2.75. The van der Waals surface area contributed by atoms with Crippen molar-refractivity contribution in [3.8, 4) is 11.3 Å². The van der Waals surface area contributed by atoms with Crippen molar-refractivity contribution < 1.29 is 14.7 Å². The highest BCUT2D eigenvalue weighted by Gasteiger charge is 2.21. The van der Waals surface area contributed by atoms with Gasteiger partial charge in [-0.3, -0.25) is 14.3 Å². The van der Waals surface area contributed by atoms with E-state index in [0.29, 0.717) is 5.78 Å². The molecule has 0 bridgehead atoms. The molecule has 0 unspecified atom stereocenters. The van der Waals surface area contributed by atoms with Crippen LogP contribution in [0.15, 0.2) is 48.8 Å². The molecular weight excluding hydrogens is 338 g/mol. The standard InChI is InChI=1S/C16H11N7O3/c24-14(12-13(15(25)26)21-22-20-12)18-11-6-7-23-8-10(17-16(23)19-11)9-4-2-1-3-5-9/h1-8H,(H,25,26)(H,20,21,22)(H,17,18,19,24). The third-order valence-corrected chi connectivity index (χ3v) is 3.61. The van der Waals surface area contributed by atoms with E-state index in [2.05, 4.69) is 30.7 Å². The van der Waals surface area contributed by atoms with Crippen molar-refractivity contribution in [2.24, 2.45) is 0 Å². The van der Waals surface area contributed by atoms with Gasteiger partial charge in [0.05, 0.1) is 5.69 Å². The molecule has 1 amide bonds. The Morgan fingerprint density at radius 3 is 2.69 bits per heavy atom. The van der Waals surface area contributed by atoms with Gasteiger partial charge in [0.2, 0.25) is 5.78 Å². The number of benzene rings is 1. The first kappa shape index (κ1) is 15.4. The minimum absolute atomic E-state index is 0.215. The van der Waals surface area contributed by atoms with Crippen LogP contribution in [-0.2, 0) is 0 Å². The number of carboxylic acids is 1. The van der Waals surface area contributed by atoms with Crippen molar-refractivity contribution in [2.75, 3.05) is 5.32 Å². The normalized spacial score (nSPS) is 10.8. The number of nitrogens with zero attached hydrogens (tertiary/aromatic N) is 5. The molecule has 10 nitrogen and oxygen atoms in total. The number of amides is 1. The third-order valence-electron chi connectivity index (χ3n) is 3.61. The lowest BCUT2D eigenvalue weighted by Crippen LogP contribution is -2.17. The summed E-state index contributed by atoms with van der Waals surface area (Å²) in [5, 5.41) is 20.5. The fourth-order valence-corrected chi connectivity index (χ4v) is 2.40. The smallest absolute Gasteiger partial charge is 0.356 e. The molecule has 10 heteroatoms. The first-order chi connectivity index (χ1) is 12.6. The number of carbonyl (C=O) groups is 2. The number of hydrogen-bond donors (Lipinski definition) is 3. The molecule has 3 heterocycles. The molecule has 0 atom stereocenters. The topological polar surface area (TPSA) is 138 Å². The summed E-state index contributed by atoms with van der Waals surface area (Å²) < 4.78 is 1.72. The highest BCUT2D eigenvalue weighted by Crippen LogP contribution is 2.19. The number of H-pyrrole nitrogens is 1. The molecule has 3 N–H and O–H groups in total. The molecular formula is C16H11N7O3. The lowest BCUT2D eigenvalue weighted by Gasteiger charge is -2.02. The number of aromatic carboxylic acids is 1. The summed E-state index contributed by atoms with van der Waals surface area (Å²) in [6.45, 7) is 0. The molecule has 0 aliphatic heterocycles. The first-order valence-corrected chi connectivity index (χ1v) is 7.48. The zero-order valence-electron chi connectivity index (χ0n) is 13.1. The number of aromatic nitrogens is 6. The molecule has 4 aromatic rings. The van der Waals surface area contributed by atoms with Crippen LogP contribution < -0.4 is 5.32 Å². The number of carbonyl (C=O) groups excluding carboxylic acids is 1.